The van der Waals surface area contributed by atoms with Crippen LogP contribution in [0.3, 0.4) is 0 Å². The molecule has 1 aliphatic carbocycles. The van der Waals surface area contributed by atoms with E-state index in [1.165, 1.54) is 7.11 Å². The zero-order chi connectivity index (χ0) is 21.4. The number of rotatable bonds is 13. The van der Waals surface area contributed by atoms with Crippen molar-refractivity contribution in [3.8, 4) is 0 Å². The molecule has 1 rings (SSSR count). The predicted molar refractivity (Wildman–Crippen MR) is 111 cm³/mol. The van der Waals surface area contributed by atoms with E-state index in [-0.39, 0.29) is 24.1 Å². The third kappa shape index (κ3) is 5.90. The molecule has 4 atom stereocenters. The van der Waals surface area contributed by atoms with E-state index in [4.69, 9.17) is 0 Å². The molecule has 0 radical (unpaired) electrons. The highest BCUT2D eigenvalue weighted by Crippen LogP contribution is 2.50. The number of aliphatic hydroxyl groups is 2. The van der Waals surface area contributed by atoms with E-state index in [1.807, 2.05) is 13.8 Å². The number of carbonyl (C=O) groups excluding carboxylic acids is 2. The quantitative estimate of drug-likeness (QED) is 0.277. The fourth-order valence-electron chi connectivity index (χ4n) is 4.58. The van der Waals surface area contributed by atoms with Gasteiger partial charge in [0.05, 0.1) is 18.8 Å². The SMILES string of the molecule is C=CC(C)(C)[C@](O)(CCCC)C1C(O)CC(=O)C1CCCCCCC(=O)OC. The van der Waals surface area contributed by atoms with E-state index in [9.17, 15) is 19.8 Å². The van der Waals surface area contributed by atoms with Crippen LogP contribution in [-0.2, 0) is 14.3 Å². The lowest BCUT2D eigenvalue weighted by Crippen LogP contribution is -2.54. The standard InChI is InChI=1S/C23H40O5/c1-6-8-15-23(27,22(3,4)7-2)21-17(18(24)16-19(21)25)13-11-9-10-12-14-20(26)28-5/h7,17,19,21,25,27H,2,6,8-16H2,1,3-5H3/t17?,19?,21?,23-/m0/s1. The molecule has 0 amide bonds. The second kappa shape index (κ2) is 11.1. The molecule has 0 aromatic carbocycles. The molecule has 162 valence electrons. The van der Waals surface area contributed by atoms with Crippen molar-refractivity contribution in [3.05, 3.63) is 12.7 Å². The highest BCUT2D eigenvalue weighted by atomic mass is 16.5. The van der Waals surface area contributed by atoms with E-state index < -0.39 is 23.0 Å². The monoisotopic (exact) mass is 396 g/mol. The van der Waals surface area contributed by atoms with Gasteiger partial charge in [0.1, 0.15) is 5.78 Å². The Bertz CT molecular complexity index is 527. The van der Waals surface area contributed by atoms with Crippen molar-refractivity contribution in [2.45, 2.75) is 96.7 Å². The zero-order valence-corrected chi connectivity index (χ0v) is 18.2. The van der Waals surface area contributed by atoms with Gasteiger partial charge >= 0.3 is 5.97 Å². The van der Waals surface area contributed by atoms with Crippen LogP contribution in [0, 0.1) is 17.3 Å². The van der Waals surface area contributed by atoms with Gasteiger partial charge in [-0.05, 0) is 19.3 Å². The smallest absolute Gasteiger partial charge is 0.305 e. The summed E-state index contributed by atoms with van der Waals surface area (Å²) in [6.45, 7) is 9.85. The lowest BCUT2D eigenvalue weighted by molar-refractivity contribution is -0.143. The number of unbranched alkanes of at least 4 members (excludes halogenated alkanes) is 4. The third-order valence-corrected chi connectivity index (χ3v) is 6.63. The molecular weight excluding hydrogens is 356 g/mol. The first-order valence-corrected chi connectivity index (χ1v) is 10.8. The van der Waals surface area contributed by atoms with Gasteiger partial charge < -0.3 is 14.9 Å². The van der Waals surface area contributed by atoms with Crippen LogP contribution in [0.25, 0.3) is 0 Å². The Hall–Kier alpha value is -1.20. The number of Topliss-reactive ketones (excluding diaryl/α,β-unsaturated/α-hetero) is 1. The van der Waals surface area contributed by atoms with Gasteiger partial charge in [0.2, 0.25) is 0 Å². The van der Waals surface area contributed by atoms with E-state index in [1.54, 1.807) is 6.08 Å². The molecule has 0 saturated heterocycles. The summed E-state index contributed by atoms with van der Waals surface area (Å²) in [4.78, 5) is 23.8. The van der Waals surface area contributed by atoms with E-state index in [0.717, 1.165) is 38.5 Å². The van der Waals surface area contributed by atoms with Crippen molar-refractivity contribution >= 4 is 11.8 Å². The molecule has 0 bridgehead atoms. The largest absolute Gasteiger partial charge is 0.469 e. The summed E-state index contributed by atoms with van der Waals surface area (Å²) in [6.07, 6.45) is 7.93. The maximum atomic E-state index is 12.6. The average Bonchev–Trinajstić information content (AvgIpc) is 2.95. The Morgan fingerprint density at radius 1 is 1.25 bits per heavy atom. The van der Waals surface area contributed by atoms with Gasteiger partial charge in [-0.1, -0.05) is 59.0 Å². The molecule has 0 heterocycles. The molecular formula is C23H40O5. The number of hydrogen-bond acceptors (Lipinski definition) is 5. The van der Waals surface area contributed by atoms with Crippen molar-refractivity contribution in [2.75, 3.05) is 7.11 Å². The Morgan fingerprint density at radius 2 is 1.89 bits per heavy atom. The molecule has 3 unspecified atom stereocenters. The van der Waals surface area contributed by atoms with E-state index >= 15 is 0 Å². The average molecular weight is 397 g/mol. The molecule has 5 nitrogen and oxygen atoms in total. The Labute approximate surface area is 170 Å². The van der Waals surface area contributed by atoms with Crippen LogP contribution in [0.1, 0.15) is 85.0 Å². The highest BCUT2D eigenvalue weighted by Gasteiger charge is 2.57. The second-order valence-electron chi connectivity index (χ2n) is 8.85. The first kappa shape index (κ1) is 24.8. The predicted octanol–water partition coefficient (Wildman–Crippen LogP) is 4.20. The summed E-state index contributed by atoms with van der Waals surface area (Å²) in [5.74, 6) is -0.921. The summed E-state index contributed by atoms with van der Waals surface area (Å²) in [5, 5.41) is 22.4. The van der Waals surface area contributed by atoms with Crippen molar-refractivity contribution in [3.63, 3.8) is 0 Å². The molecule has 1 aliphatic rings. The third-order valence-electron chi connectivity index (χ3n) is 6.63. The van der Waals surface area contributed by atoms with Crippen molar-refractivity contribution < 1.29 is 24.5 Å². The van der Waals surface area contributed by atoms with Crippen LogP contribution < -0.4 is 0 Å². The van der Waals surface area contributed by atoms with Crippen LogP contribution in [0.4, 0.5) is 0 Å². The van der Waals surface area contributed by atoms with Crippen LogP contribution in [0.15, 0.2) is 12.7 Å². The number of methoxy groups -OCH3 is 1. The molecule has 5 heteroatoms. The molecule has 1 saturated carbocycles. The minimum atomic E-state index is -1.16. The fraction of sp³-hybridized carbons (Fsp3) is 0.826. The van der Waals surface area contributed by atoms with E-state index in [0.29, 0.717) is 19.3 Å². The summed E-state index contributed by atoms with van der Waals surface area (Å²) in [7, 11) is 1.39. The first-order valence-electron chi connectivity index (χ1n) is 10.8. The summed E-state index contributed by atoms with van der Waals surface area (Å²) in [5.41, 5.74) is -1.76. The highest BCUT2D eigenvalue weighted by molar-refractivity contribution is 5.84. The normalized spacial score (nSPS) is 24.8. The molecule has 0 aromatic rings. The topological polar surface area (TPSA) is 83.8 Å². The first-order chi connectivity index (χ1) is 13.1. The Morgan fingerprint density at radius 3 is 2.46 bits per heavy atom. The van der Waals surface area contributed by atoms with Gasteiger partial charge in [-0.25, -0.2) is 0 Å². The fourth-order valence-corrected chi connectivity index (χ4v) is 4.58. The number of ether oxygens (including phenoxy) is 1. The van der Waals surface area contributed by atoms with Gasteiger partial charge in [0, 0.05) is 30.1 Å². The van der Waals surface area contributed by atoms with Crippen molar-refractivity contribution in [1.82, 2.24) is 0 Å². The maximum absolute atomic E-state index is 12.6. The molecule has 2 N–H and O–H groups in total. The van der Waals surface area contributed by atoms with Gasteiger partial charge in [-0.2, -0.15) is 0 Å². The Kier molecular flexibility index (Phi) is 9.85. The van der Waals surface area contributed by atoms with Crippen LogP contribution >= 0.6 is 0 Å². The zero-order valence-electron chi connectivity index (χ0n) is 18.2. The summed E-state index contributed by atoms with van der Waals surface area (Å²) >= 11 is 0. The van der Waals surface area contributed by atoms with Gasteiger partial charge in [-0.3, -0.25) is 9.59 Å². The summed E-state index contributed by atoms with van der Waals surface area (Å²) < 4.78 is 4.64. The molecule has 0 aromatic heterocycles. The minimum absolute atomic E-state index is 0.0573. The van der Waals surface area contributed by atoms with Crippen LogP contribution in [0.5, 0.6) is 0 Å². The molecule has 0 aliphatic heterocycles. The van der Waals surface area contributed by atoms with Gasteiger partial charge in [0.15, 0.2) is 0 Å². The molecule has 28 heavy (non-hydrogen) atoms. The maximum Gasteiger partial charge on any atom is 0.305 e. The summed E-state index contributed by atoms with van der Waals surface area (Å²) in [6, 6.07) is 0. The second-order valence-corrected chi connectivity index (χ2v) is 8.85. The number of ketones is 1. The molecule has 1 fully saturated rings. The Balaban J connectivity index is 2.81. The number of hydrogen-bond donors (Lipinski definition) is 2. The minimum Gasteiger partial charge on any atom is -0.469 e. The van der Waals surface area contributed by atoms with Crippen LogP contribution in [0.2, 0.25) is 0 Å². The van der Waals surface area contributed by atoms with Gasteiger partial charge in [0.25, 0.3) is 0 Å². The lowest BCUT2D eigenvalue weighted by Gasteiger charge is -2.48. The van der Waals surface area contributed by atoms with Gasteiger partial charge in [-0.15, -0.1) is 6.58 Å². The lowest BCUT2D eigenvalue weighted by atomic mass is 9.61. The number of carbonyl (C=O) groups is 2. The number of aliphatic hydroxyl groups excluding tert-OH is 1. The van der Waals surface area contributed by atoms with Crippen LogP contribution in [-0.4, -0.2) is 40.8 Å². The van der Waals surface area contributed by atoms with E-state index in [2.05, 4.69) is 18.2 Å². The number of esters is 1. The van der Waals surface area contributed by atoms with Crippen molar-refractivity contribution in [1.29, 1.82) is 0 Å². The van der Waals surface area contributed by atoms with Crippen molar-refractivity contribution in [2.24, 2.45) is 17.3 Å². The molecule has 0 spiro atoms.